The Balaban J connectivity index is 1.50. The number of thiazole rings is 1. The third-order valence-electron chi connectivity index (χ3n) is 6.22. The van der Waals surface area contributed by atoms with Crippen LogP contribution in [0.5, 0.6) is 11.5 Å². The SMILES string of the molecule is COc1ccc(-c2csc(N3CCC(S(=O)(=O)c4c(C)cc(C)cc4C)CC3)n2)c(OC)c1. The Morgan fingerprint density at radius 3 is 2.27 bits per heavy atom. The molecule has 4 rings (SSSR count). The minimum Gasteiger partial charge on any atom is -0.497 e. The number of sulfone groups is 1. The van der Waals surface area contributed by atoms with E-state index in [1.165, 1.54) is 0 Å². The Morgan fingerprint density at radius 2 is 1.67 bits per heavy atom. The van der Waals surface area contributed by atoms with Crippen molar-refractivity contribution in [3.05, 3.63) is 52.4 Å². The minimum atomic E-state index is -3.37. The van der Waals surface area contributed by atoms with Crippen LogP contribution in [0, 0.1) is 20.8 Å². The summed E-state index contributed by atoms with van der Waals surface area (Å²) in [7, 11) is -0.112. The van der Waals surface area contributed by atoms with E-state index in [4.69, 9.17) is 14.5 Å². The van der Waals surface area contributed by atoms with Gasteiger partial charge in [0, 0.05) is 30.1 Å². The van der Waals surface area contributed by atoms with Crippen LogP contribution >= 0.6 is 11.3 Å². The number of ether oxygens (including phenoxy) is 2. The third-order valence-corrected chi connectivity index (χ3v) is 9.68. The molecule has 33 heavy (non-hydrogen) atoms. The first-order chi connectivity index (χ1) is 15.7. The summed E-state index contributed by atoms with van der Waals surface area (Å²) in [6.07, 6.45) is 1.19. The lowest BCUT2D eigenvalue weighted by Crippen LogP contribution is -2.39. The van der Waals surface area contributed by atoms with Crippen LogP contribution < -0.4 is 14.4 Å². The molecular weight excluding hydrogens is 456 g/mol. The van der Waals surface area contributed by atoms with Gasteiger partial charge < -0.3 is 14.4 Å². The molecule has 176 valence electrons. The highest BCUT2D eigenvalue weighted by molar-refractivity contribution is 7.92. The molecule has 0 radical (unpaired) electrons. The number of hydrogen-bond acceptors (Lipinski definition) is 7. The Hall–Kier alpha value is -2.58. The first kappa shape index (κ1) is 23.6. The smallest absolute Gasteiger partial charge is 0.185 e. The van der Waals surface area contributed by atoms with Crippen LogP contribution in [0.15, 0.2) is 40.6 Å². The van der Waals surface area contributed by atoms with Gasteiger partial charge in [0.2, 0.25) is 0 Å². The van der Waals surface area contributed by atoms with Crippen molar-refractivity contribution in [3.8, 4) is 22.8 Å². The van der Waals surface area contributed by atoms with Gasteiger partial charge in [0.1, 0.15) is 11.5 Å². The summed E-state index contributed by atoms with van der Waals surface area (Å²) in [5, 5.41) is 2.55. The molecule has 1 fully saturated rings. The third kappa shape index (κ3) is 4.59. The Morgan fingerprint density at radius 1 is 1.00 bits per heavy atom. The summed E-state index contributed by atoms with van der Waals surface area (Å²) < 4.78 is 37.7. The Kier molecular flexibility index (Phi) is 6.68. The molecule has 2 heterocycles. The fourth-order valence-corrected chi connectivity index (χ4v) is 7.74. The predicted molar refractivity (Wildman–Crippen MR) is 134 cm³/mol. The van der Waals surface area contributed by atoms with Crippen LogP contribution in [0.25, 0.3) is 11.3 Å². The largest absolute Gasteiger partial charge is 0.497 e. The topological polar surface area (TPSA) is 68.7 Å². The van der Waals surface area contributed by atoms with Crippen molar-refractivity contribution in [2.24, 2.45) is 0 Å². The number of aryl methyl sites for hydroxylation is 3. The van der Waals surface area contributed by atoms with Gasteiger partial charge >= 0.3 is 0 Å². The maximum atomic E-state index is 13.4. The minimum absolute atomic E-state index is 0.366. The summed E-state index contributed by atoms with van der Waals surface area (Å²) in [4.78, 5) is 7.52. The number of methoxy groups -OCH3 is 2. The molecule has 1 aliphatic heterocycles. The predicted octanol–water partition coefficient (Wildman–Crippen LogP) is 5.20. The summed E-state index contributed by atoms with van der Waals surface area (Å²) in [6.45, 7) is 7.12. The molecular formula is C25H30N2O4S2. The second-order valence-electron chi connectivity index (χ2n) is 8.54. The molecule has 0 atom stereocenters. The maximum absolute atomic E-state index is 13.4. The van der Waals surface area contributed by atoms with E-state index in [1.807, 2.05) is 56.5 Å². The molecule has 0 bridgehead atoms. The van der Waals surface area contributed by atoms with Crippen LogP contribution in [0.3, 0.4) is 0 Å². The molecule has 1 aromatic heterocycles. The average Bonchev–Trinajstić information content (AvgIpc) is 3.28. The number of hydrogen-bond donors (Lipinski definition) is 0. The van der Waals surface area contributed by atoms with Crippen molar-refractivity contribution in [1.82, 2.24) is 4.98 Å². The first-order valence-electron chi connectivity index (χ1n) is 11.0. The van der Waals surface area contributed by atoms with Gasteiger partial charge in [-0.3, -0.25) is 0 Å². The number of benzene rings is 2. The van der Waals surface area contributed by atoms with Crippen LogP contribution in [0.1, 0.15) is 29.5 Å². The monoisotopic (exact) mass is 486 g/mol. The zero-order chi connectivity index (χ0) is 23.8. The molecule has 0 saturated carbocycles. The van der Waals surface area contributed by atoms with Crippen LogP contribution in [0.2, 0.25) is 0 Å². The standard InChI is InChI=1S/C25H30N2O4S2/c1-16-12-17(2)24(18(3)13-16)33(28,29)20-8-10-27(11-9-20)25-26-22(15-32-25)21-7-6-19(30-4)14-23(21)31-5/h6-7,12-15,20H,8-11H2,1-5H3. The summed E-state index contributed by atoms with van der Waals surface area (Å²) >= 11 is 1.57. The van der Waals surface area contributed by atoms with E-state index in [9.17, 15) is 8.42 Å². The van der Waals surface area contributed by atoms with E-state index in [0.29, 0.717) is 36.6 Å². The fraction of sp³-hybridized carbons (Fsp3) is 0.400. The molecule has 8 heteroatoms. The molecule has 2 aromatic carbocycles. The fourth-order valence-electron chi connectivity index (χ4n) is 4.68. The van der Waals surface area contributed by atoms with E-state index in [2.05, 4.69) is 4.90 Å². The number of piperidine rings is 1. The lowest BCUT2D eigenvalue weighted by Gasteiger charge is -2.32. The van der Waals surface area contributed by atoms with Gasteiger partial charge in [-0.2, -0.15) is 0 Å². The zero-order valence-corrected chi connectivity index (χ0v) is 21.3. The molecule has 6 nitrogen and oxygen atoms in total. The molecule has 0 aliphatic carbocycles. The molecule has 1 aliphatic rings. The first-order valence-corrected chi connectivity index (χ1v) is 13.4. The van der Waals surface area contributed by atoms with Crippen molar-refractivity contribution >= 4 is 26.3 Å². The summed E-state index contributed by atoms with van der Waals surface area (Å²) in [6, 6.07) is 9.60. The average molecular weight is 487 g/mol. The molecule has 3 aromatic rings. The molecule has 0 N–H and O–H groups in total. The van der Waals surface area contributed by atoms with Gasteiger partial charge in [0.05, 0.1) is 30.1 Å². The van der Waals surface area contributed by atoms with E-state index >= 15 is 0 Å². The second kappa shape index (κ2) is 9.35. The van der Waals surface area contributed by atoms with Crippen molar-refractivity contribution in [2.45, 2.75) is 43.8 Å². The Bertz CT molecular complexity index is 1240. The summed E-state index contributed by atoms with van der Waals surface area (Å²) in [5.41, 5.74) is 4.52. The zero-order valence-electron chi connectivity index (χ0n) is 19.7. The number of aromatic nitrogens is 1. The molecule has 1 saturated heterocycles. The molecule has 0 unspecified atom stereocenters. The highest BCUT2D eigenvalue weighted by atomic mass is 32.2. The number of rotatable bonds is 6. The number of anilines is 1. The maximum Gasteiger partial charge on any atom is 0.185 e. The van der Waals surface area contributed by atoms with Gasteiger partial charge in [-0.15, -0.1) is 11.3 Å². The lowest BCUT2D eigenvalue weighted by atomic mass is 10.1. The van der Waals surface area contributed by atoms with Gasteiger partial charge in [0.25, 0.3) is 0 Å². The van der Waals surface area contributed by atoms with E-state index in [0.717, 1.165) is 38.8 Å². The van der Waals surface area contributed by atoms with Crippen molar-refractivity contribution in [3.63, 3.8) is 0 Å². The highest BCUT2D eigenvalue weighted by Gasteiger charge is 2.34. The normalized spacial score (nSPS) is 15.0. The lowest BCUT2D eigenvalue weighted by molar-refractivity contribution is 0.395. The van der Waals surface area contributed by atoms with Gasteiger partial charge in [-0.1, -0.05) is 17.7 Å². The van der Waals surface area contributed by atoms with Crippen molar-refractivity contribution in [2.75, 3.05) is 32.2 Å². The molecule has 0 spiro atoms. The van der Waals surface area contributed by atoms with Crippen molar-refractivity contribution in [1.29, 1.82) is 0 Å². The highest BCUT2D eigenvalue weighted by Crippen LogP contribution is 2.37. The van der Waals surface area contributed by atoms with Crippen molar-refractivity contribution < 1.29 is 17.9 Å². The quantitative estimate of drug-likeness (QED) is 0.477. The summed E-state index contributed by atoms with van der Waals surface area (Å²) in [5.74, 6) is 1.44. The van der Waals surface area contributed by atoms with E-state index in [1.54, 1.807) is 25.6 Å². The van der Waals surface area contributed by atoms with Crippen LogP contribution in [0.4, 0.5) is 5.13 Å². The second-order valence-corrected chi connectivity index (χ2v) is 11.5. The number of nitrogens with zero attached hydrogens (tertiary/aromatic N) is 2. The van der Waals surface area contributed by atoms with Crippen LogP contribution in [-0.2, 0) is 9.84 Å². The Labute approximate surface area is 200 Å². The van der Waals surface area contributed by atoms with E-state index < -0.39 is 9.84 Å². The molecule has 0 amide bonds. The van der Waals surface area contributed by atoms with Crippen LogP contribution in [-0.4, -0.2) is 46.0 Å². The van der Waals surface area contributed by atoms with E-state index in [-0.39, 0.29) is 5.25 Å². The van der Waals surface area contributed by atoms with Gasteiger partial charge in [-0.05, 0) is 56.9 Å². The van der Waals surface area contributed by atoms with Gasteiger partial charge in [-0.25, -0.2) is 13.4 Å². The van der Waals surface area contributed by atoms with Gasteiger partial charge in [0.15, 0.2) is 15.0 Å².